The number of aliphatic hydroxyl groups is 2. The maximum Gasteiger partial charge on any atom is 0.339 e. The minimum absolute atomic E-state index is 0.109. The molecule has 1 fully saturated rings. The molecular formula is C15H22O4. The molecule has 0 spiro atoms. The Balaban J connectivity index is 2.15. The number of hydrogen-bond donors (Lipinski definition) is 2. The smallest absolute Gasteiger partial charge is 0.339 e. The van der Waals surface area contributed by atoms with Gasteiger partial charge in [-0.3, -0.25) is 0 Å². The molecule has 4 nitrogen and oxygen atoms in total. The third-order valence-corrected chi connectivity index (χ3v) is 5.61. The molecule has 1 heterocycles. The first-order valence-electron chi connectivity index (χ1n) is 7.09. The highest BCUT2D eigenvalue weighted by Crippen LogP contribution is 2.61. The number of ether oxygens (including phenoxy) is 1. The van der Waals surface area contributed by atoms with E-state index < -0.39 is 18.4 Å². The number of carbonyl (C=O) groups excluding carboxylic acids is 1. The number of hydrogen-bond acceptors (Lipinski definition) is 4. The van der Waals surface area contributed by atoms with Gasteiger partial charge >= 0.3 is 5.97 Å². The van der Waals surface area contributed by atoms with Crippen LogP contribution in [0.3, 0.4) is 0 Å². The highest BCUT2D eigenvalue weighted by Gasteiger charge is 2.58. The number of rotatable bonds is 0. The largest absolute Gasteiger partial charge is 0.428 e. The molecule has 3 rings (SSSR count). The first-order chi connectivity index (χ1) is 8.77. The second kappa shape index (κ2) is 3.83. The normalized spacial score (nSPS) is 44.7. The summed E-state index contributed by atoms with van der Waals surface area (Å²) in [7, 11) is 0. The van der Waals surface area contributed by atoms with Crippen molar-refractivity contribution in [3.63, 3.8) is 0 Å². The SMILES string of the molecule is CC1(C)CCC[C@@]2(C)C3=C(C(=O)O[C@H]3O)[C@@H](O)C[C@@H]12. The molecule has 2 N–H and O–H groups in total. The van der Waals surface area contributed by atoms with Gasteiger partial charge in [0.05, 0.1) is 11.7 Å². The fourth-order valence-electron chi connectivity index (χ4n) is 4.74. The van der Waals surface area contributed by atoms with Gasteiger partial charge in [0.2, 0.25) is 6.29 Å². The van der Waals surface area contributed by atoms with Crippen molar-refractivity contribution >= 4 is 5.97 Å². The van der Waals surface area contributed by atoms with Crippen molar-refractivity contribution in [1.82, 2.24) is 0 Å². The third-order valence-electron chi connectivity index (χ3n) is 5.61. The average molecular weight is 266 g/mol. The van der Waals surface area contributed by atoms with Gasteiger partial charge in [-0.2, -0.15) is 0 Å². The molecule has 0 amide bonds. The van der Waals surface area contributed by atoms with Crippen LogP contribution in [0.2, 0.25) is 0 Å². The predicted octanol–water partition coefficient (Wildman–Crippen LogP) is 1.76. The van der Waals surface area contributed by atoms with Crippen molar-refractivity contribution in [1.29, 1.82) is 0 Å². The molecule has 1 saturated carbocycles. The number of aliphatic hydroxyl groups excluding tert-OH is 2. The standard InChI is InChI=1S/C15H22O4/c1-14(2)5-4-6-15(3)9(14)7-8(16)10-11(15)13(18)19-12(10)17/h8-9,13,16,18H,4-7H2,1-3H3/t8-,9-,13+,15+/m0/s1. The van der Waals surface area contributed by atoms with Crippen molar-refractivity contribution in [2.24, 2.45) is 16.7 Å². The topological polar surface area (TPSA) is 66.8 Å². The van der Waals surface area contributed by atoms with Crippen LogP contribution in [0.5, 0.6) is 0 Å². The first-order valence-corrected chi connectivity index (χ1v) is 7.09. The van der Waals surface area contributed by atoms with E-state index in [1.54, 1.807) is 0 Å². The van der Waals surface area contributed by atoms with Gasteiger partial charge < -0.3 is 14.9 Å². The van der Waals surface area contributed by atoms with E-state index in [0.29, 0.717) is 17.6 Å². The zero-order chi connectivity index (χ0) is 14.0. The Morgan fingerprint density at radius 2 is 1.89 bits per heavy atom. The zero-order valence-corrected chi connectivity index (χ0v) is 11.8. The van der Waals surface area contributed by atoms with Crippen LogP contribution in [0, 0.1) is 16.7 Å². The summed E-state index contributed by atoms with van der Waals surface area (Å²) in [4.78, 5) is 11.8. The Labute approximate surface area is 113 Å². The molecule has 0 unspecified atom stereocenters. The highest BCUT2D eigenvalue weighted by molar-refractivity contribution is 5.93. The van der Waals surface area contributed by atoms with Gasteiger partial charge in [0.1, 0.15) is 0 Å². The van der Waals surface area contributed by atoms with Gasteiger partial charge in [-0.1, -0.05) is 27.2 Å². The number of esters is 1. The van der Waals surface area contributed by atoms with Crippen molar-refractivity contribution < 1.29 is 19.7 Å². The zero-order valence-electron chi connectivity index (χ0n) is 11.8. The summed E-state index contributed by atoms with van der Waals surface area (Å²) in [5.74, 6) is -0.273. The highest BCUT2D eigenvalue weighted by atomic mass is 16.6. The molecule has 4 heteroatoms. The van der Waals surface area contributed by atoms with Crippen LogP contribution in [0.25, 0.3) is 0 Å². The monoisotopic (exact) mass is 266 g/mol. The van der Waals surface area contributed by atoms with Crippen LogP contribution in [-0.2, 0) is 9.53 Å². The molecule has 2 aliphatic carbocycles. The molecule has 0 radical (unpaired) electrons. The van der Waals surface area contributed by atoms with Crippen LogP contribution in [0.1, 0.15) is 46.5 Å². The summed E-state index contributed by atoms with van der Waals surface area (Å²) in [6.45, 7) is 6.56. The molecular weight excluding hydrogens is 244 g/mol. The minimum Gasteiger partial charge on any atom is -0.428 e. The van der Waals surface area contributed by atoms with Gasteiger partial charge in [0.25, 0.3) is 0 Å². The number of fused-ring (bicyclic) bond motifs is 2. The quantitative estimate of drug-likeness (QED) is 0.656. The lowest BCUT2D eigenvalue weighted by molar-refractivity contribution is -0.153. The van der Waals surface area contributed by atoms with E-state index >= 15 is 0 Å². The lowest BCUT2D eigenvalue weighted by Gasteiger charge is -2.54. The molecule has 1 aliphatic heterocycles. The van der Waals surface area contributed by atoms with Crippen molar-refractivity contribution in [3.8, 4) is 0 Å². The average Bonchev–Trinajstić information content (AvgIpc) is 2.59. The maximum absolute atomic E-state index is 11.8. The molecule has 0 bridgehead atoms. The summed E-state index contributed by atoms with van der Waals surface area (Å²) in [5.41, 5.74) is 0.845. The first kappa shape index (κ1) is 13.1. The van der Waals surface area contributed by atoms with Crippen molar-refractivity contribution in [3.05, 3.63) is 11.1 Å². The van der Waals surface area contributed by atoms with Crippen LogP contribution in [-0.4, -0.2) is 28.6 Å². The molecule has 0 aromatic rings. The second-order valence-electron chi connectivity index (χ2n) is 7.15. The van der Waals surface area contributed by atoms with E-state index in [4.69, 9.17) is 4.74 Å². The number of carbonyl (C=O) groups is 1. The fourth-order valence-corrected chi connectivity index (χ4v) is 4.74. The Morgan fingerprint density at radius 1 is 1.21 bits per heavy atom. The molecule has 0 aromatic carbocycles. The Bertz CT molecular complexity index is 465. The van der Waals surface area contributed by atoms with Gasteiger partial charge in [0, 0.05) is 5.57 Å². The molecule has 4 atom stereocenters. The summed E-state index contributed by atoms with van der Waals surface area (Å²) in [6, 6.07) is 0. The summed E-state index contributed by atoms with van der Waals surface area (Å²) in [6.07, 6.45) is 1.76. The van der Waals surface area contributed by atoms with Crippen molar-refractivity contribution in [2.75, 3.05) is 0 Å². The lowest BCUT2D eigenvalue weighted by Crippen LogP contribution is -2.49. The Kier molecular flexibility index (Phi) is 2.64. The van der Waals surface area contributed by atoms with Crippen LogP contribution < -0.4 is 0 Å². The molecule has 19 heavy (non-hydrogen) atoms. The van der Waals surface area contributed by atoms with Crippen LogP contribution in [0.4, 0.5) is 0 Å². The van der Waals surface area contributed by atoms with Crippen molar-refractivity contribution in [2.45, 2.75) is 58.8 Å². The van der Waals surface area contributed by atoms with E-state index in [2.05, 4.69) is 20.8 Å². The van der Waals surface area contributed by atoms with E-state index in [1.165, 1.54) is 0 Å². The van der Waals surface area contributed by atoms with Crippen LogP contribution >= 0.6 is 0 Å². The summed E-state index contributed by atoms with van der Waals surface area (Å²) >= 11 is 0. The molecule has 3 aliphatic rings. The van der Waals surface area contributed by atoms with E-state index in [9.17, 15) is 15.0 Å². The van der Waals surface area contributed by atoms with E-state index in [0.717, 1.165) is 19.3 Å². The summed E-state index contributed by atoms with van der Waals surface area (Å²) < 4.78 is 4.94. The van der Waals surface area contributed by atoms with Gasteiger partial charge in [-0.05, 0) is 36.0 Å². The third kappa shape index (κ3) is 1.62. The van der Waals surface area contributed by atoms with Gasteiger partial charge in [-0.15, -0.1) is 0 Å². The Hall–Kier alpha value is -0.870. The fraction of sp³-hybridized carbons (Fsp3) is 0.800. The van der Waals surface area contributed by atoms with Gasteiger partial charge in [-0.25, -0.2) is 4.79 Å². The second-order valence-corrected chi connectivity index (χ2v) is 7.15. The number of cyclic esters (lactones) is 1. The minimum atomic E-state index is -1.17. The Morgan fingerprint density at radius 3 is 2.58 bits per heavy atom. The van der Waals surface area contributed by atoms with Gasteiger partial charge in [0.15, 0.2) is 0 Å². The molecule has 0 saturated heterocycles. The predicted molar refractivity (Wildman–Crippen MR) is 69.0 cm³/mol. The molecule has 0 aromatic heterocycles. The maximum atomic E-state index is 11.8. The molecule has 106 valence electrons. The lowest BCUT2D eigenvalue weighted by atomic mass is 9.50. The summed E-state index contributed by atoms with van der Waals surface area (Å²) in [5, 5.41) is 20.4. The van der Waals surface area contributed by atoms with E-state index in [1.807, 2.05) is 0 Å². The van der Waals surface area contributed by atoms with Crippen LogP contribution in [0.15, 0.2) is 11.1 Å². The van der Waals surface area contributed by atoms with E-state index in [-0.39, 0.29) is 16.7 Å².